The number of hydrazone groups is 1. The lowest BCUT2D eigenvalue weighted by atomic mass is 9.84. The average Bonchev–Trinajstić information content (AvgIpc) is 4.21. The third-order valence-corrected chi connectivity index (χ3v) is 17.4. The summed E-state index contributed by atoms with van der Waals surface area (Å²) >= 11 is 1.66. The molecule has 3 aromatic rings. The standard InChI is InChI=1S/C53H73N8O7S/c1-11-66-46-48-56(9)43(30-69-48)36-13-14-42-38(25-36)40(45(59(42)23-24-67-33(2)3)39-26-37(29-54-44(39)35(5)65-10)57-21-19-55(8)20-22-57)27-51(6,7)32-68-50(64)52-16-12-17-60(61(52)31-52)49(63)53(46)28-41(53)47(62)58-18-15-34(58)4/h13-14,25-26,29-31,33-35,41,46,48H,11-12,15-24,27-28,32H2,1-10H3/q+1/t34-,35+,41?,46-,48?,52+,53+/m1/s1. The molecule has 7 aliphatic rings. The van der Waals surface area contributed by atoms with E-state index in [1.807, 2.05) is 28.9 Å². The summed E-state index contributed by atoms with van der Waals surface area (Å²) in [7, 11) is 6.01. The van der Waals surface area contributed by atoms with E-state index < -0.39 is 28.4 Å². The zero-order valence-corrected chi connectivity index (χ0v) is 43.3. The number of ether oxygens (including phenoxy) is 4. The van der Waals surface area contributed by atoms with Crippen molar-refractivity contribution in [1.82, 2.24) is 29.3 Å². The number of hydrogen-bond donors (Lipinski definition) is 0. The number of cyclic esters (lactones) is 1. The van der Waals surface area contributed by atoms with Gasteiger partial charge >= 0.3 is 11.5 Å². The van der Waals surface area contributed by atoms with E-state index in [0.717, 1.165) is 83.0 Å². The third-order valence-electron chi connectivity index (χ3n) is 16.2. The molecule has 3 saturated heterocycles. The minimum atomic E-state index is -1.11. The van der Waals surface area contributed by atoms with Crippen molar-refractivity contribution < 1.29 is 38.0 Å². The molecule has 4 fully saturated rings. The number of carbonyl (C=O) groups excluding carboxylic acids is 3. The Balaban J connectivity index is 1.14. The highest BCUT2D eigenvalue weighted by Crippen LogP contribution is 2.62. The number of anilines is 1. The maximum absolute atomic E-state index is 15.5. The number of amides is 2. The van der Waals surface area contributed by atoms with Gasteiger partial charge in [-0.3, -0.25) is 14.6 Å². The topological polar surface area (TPSA) is 125 Å². The van der Waals surface area contributed by atoms with Gasteiger partial charge in [0, 0.05) is 94.4 Å². The van der Waals surface area contributed by atoms with Crippen LogP contribution in [0.4, 0.5) is 5.69 Å². The fraction of sp³-hybridized carbons (Fsp3) is 0.642. The van der Waals surface area contributed by atoms with Crippen LogP contribution in [-0.2, 0) is 46.3 Å². The summed E-state index contributed by atoms with van der Waals surface area (Å²) in [5, 5.41) is 4.75. The van der Waals surface area contributed by atoms with Gasteiger partial charge in [-0.25, -0.2) is 4.79 Å². The maximum Gasteiger partial charge on any atom is 0.392 e. The van der Waals surface area contributed by atoms with Crippen LogP contribution in [0.1, 0.15) is 97.1 Å². The molecule has 1 spiro atoms. The number of likely N-dealkylation sites (tertiary alicyclic amines) is 1. The van der Waals surface area contributed by atoms with Crippen molar-refractivity contribution in [2.45, 2.75) is 122 Å². The van der Waals surface area contributed by atoms with E-state index in [-0.39, 0.29) is 48.0 Å². The normalized spacial score (nSPS) is 29.4. The minimum Gasteiger partial charge on any atom is -0.459 e. The van der Waals surface area contributed by atoms with E-state index in [4.69, 9.17) is 23.9 Å². The second-order valence-corrected chi connectivity index (χ2v) is 22.7. The van der Waals surface area contributed by atoms with Crippen LogP contribution in [0.2, 0.25) is 0 Å². The van der Waals surface area contributed by atoms with Gasteiger partial charge in [-0.05, 0) is 102 Å². The minimum absolute atomic E-state index is 0.0249. The largest absolute Gasteiger partial charge is 0.459 e. The number of carbonyl (C=O) groups is 3. The molecule has 16 heteroatoms. The summed E-state index contributed by atoms with van der Waals surface area (Å²) in [6, 6.07) is 9.22. The summed E-state index contributed by atoms with van der Waals surface area (Å²) in [5.41, 5.74) is 5.62. The van der Waals surface area contributed by atoms with Gasteiger partial charge in [0.25, 0.3) is 12.1 Å². The Labute approximate surface area is 412 Å². The third kappa shape index (κ3) is 8.27. The Bertz CT molecular complexity index is 2590. The quantitative estimate of drug-likeness (QED) is 0.156. The summed E-state index contributed by atoms with van der Waals surface area (Å²) < 4.78 is 29.8. The average molecular weight is 966 g/mol. The monoisotopic (exact) mass is 966 g/mol. The van der Waals surface area contributed by atoms with Crippen LogP contribution in [0.5, 0.6) is 0 Å². The van der Waals surface area contributed by atoms with Crippen LogP contribution in [0.3, 0.4) is 0 Å². The van der Waals surface area contributed by atoms with Crippen molar-refractivity contribution in [2.75, 3.05) is 85.2 Å². The first-order valence-corrected chi connectivity index (χ1v) is 26.4. The molecule has 69 heavy (non-hydrogen) atoms. The molecule has 0 N–H and O–H groups in total. The molecule has 2 unspecified atom stereocenters. The lowest BCUT2D eigenvalue weighted by Gasteiger charge is -2.41. The number of hydrazine groups is 1. The van der Waals surface area contributed by atoms with Crippen LogP contribution in [0, 0.1) is 16.7 Å². The van der Waals surface area contributed by atoms with Crippen molar-refractivity contribution in [3.8, 4) is 11.3 Å². The van der Waals surface area contributed by atoms with E-state index in [1.165, 1.54) is 0 Å². The van der Waals surface area contributed by atoms with Gasteiger partial charge in [-0.15, -0.1) is 16.8 Å². The van der Waals surface area contributed by atoms with E-state index in [0.29, 0.717) is 58.5 Å². The fourth-order valence-corrected chi connectivity index (χ4v) is 13.1. The van der Waals surface area contributed by atoms with Gasteiger partial charge in [0.2, 0.25) is 5.91 Å². The number of benzene rings is 1. The lowest BCUT2D eigenvalue weighted by molar-refractivity contribution is -0.650. The lowest BCUT2D eigenvalue weighted by Crippen LogP contribution is -2.57. The molecule has 6 bridgehead atoms. The van der Waals surface area contributed by atoms with E-state index in [1.54, 1.807) is 23.9 Å². The molecule has 8 heterocycles. The zero-order valence-electron chi connectivity index (χ0n) is 42.5. The molecular formula is C53H73N8O7S+. The van der Waals surface area contributed by atoms with E-state index in [9.17, 15) is 9.59 Å². The Morgan fingerprint density at radius 1 is 1.06 bits per heavy atom. The summed E-state index contributed by atoms with van der Waals surface area (Å²) in [6.45, 7) is 21.1. The van der Waals surface area contributed by atoms with Crippen molar-refractivity contribution in [1.29, 1.82) is 0 Å². The highest BCUT2D eigenvalue weighted by Gasteiger charge is 2.77. The van der Waals surface area contributed by atoms with Crippen LogP contribution in [0.15, 0.2) is 35.9 Å². The molecule has 10 rings (SSSR count). The Kier molecular flexibility index (Phi) is 12.8. The number of methoxy groups -OCH3 is 1. The first-order valence-electron chi connectivity index (χ1n) is 25.4. The Hall–Kier alpha value is -4.48. The number of thioether (sulfide) groups is 1. The summed E-state index contributed by atoms with van der Waals surface area (Å²) in [4.78, 5) is 58.7. The predicted octanol–water partition coefficient (Wildman–Crippen LogP) is 6.42. The van der Waals surface area contributed by atoms with Gasteiger partial charge in [-0.2, -0.15) is 0 Å². The molecule has 1 aliphatic carbocycles. The van der Waals surface area contributed by atoms with Crippen LogP contribution in [-0.4, -0.2) is 167 Å². The summed E-state index contributed by atoms with van der Waals surface area (Å²) in [6.07, 6.45) is 6.14. The number of nitrogens with zero attached hydrogens (tertiary/aromatic N) is 8. The smallest absolute Gasteiger partial charge is 0.392 e. The molecule has 1 saturated carbocycles. The van der Waals surface area contributed by atoms with Gasteiger partial charge in [-0.1, -0.05) is 24.6 Å². The predicted molar refractivity (Wildman–Crippen MR) is 269 cm³/mol. The molecule has 2 amide bonds. The SMILES string of the molecule is CCO[C@@H]1C2SC=C(c3ccc4c(c3)c(c(-c3cc(N5CCN(C)CC5)cnc3[C@H](C)OC)n4CCOC(C)C)CC(C)(C)COC(=O)[C@]34C=[N+]3N(CCC4)C(=O)[C@]13CC3C(=O)N1CC[C@H]1C)N2C. The Morgan fingerprint density at radius 3 is 2.54 bits per heavy atom. The molecule has 2 aromatic heterocycles. The van der Waals surface area contributed by atoms with Gasteiger partial charge in [0.15, 0.2) is 0 Å². The molecule has 6 aliphatic heterocycles. The number of aromatic nitrogens is 2. The van der Waals surface area contributed by atoms with Crippen molar-refractivity contribution >= 4 is 58.0 Å². The van der Waals surface area contributed by atoms with Crippen LogP contribution in [0.25, 0.3) is 27.9 Å². The molecule has 7 atom stereocenters. The number of piperazine rings is 1. The number of pyridine rings is 1. The Morgan fingerprint density at radius 2 is 1.84 bits per heavy atom. The second-order valence-electron chi connectivity index (χ2n) is 21.8. The van der Waals surface area contributed by atoms with E-state index >= 15 is 4.79 Å². The van der Waals surface area contributed by atoms with Crippen molar-refractivity contribution in [2.24, 2.45) is 16.7 Å². The molecule has 372 valence electrons. The number of esters is 1. The number of hydrogen-bond acceptors (Lipinski definition) is 12. The highest BCUT2D eigenvalue weighted by molar-refractivity contribution is 8.03. The maximum atomic E-state index is 15.5. The second kappa shape index (κ2) is 18.3. The van der Waals surface area contributed by atoms with Crippen molar-refractivity contribution in [3.63, 3.8) is 0 Å². The van der Waals surface area contributed by atoms with Gasteiger partial charge in [0.1, 0.15) is 11.5 Å². The van der Waals surface area contributed by atoms with Gasteiger partial charge < -0.3 is 43.1 Å². The number of likely N-dealkylation sites (N-methyl/N-ethyl adjacent to an activating group) is 2. The molecular weight excluding hydrogens is 893 g/mol. The van der Waals surface area contributed by atoms with Crippen molar-refractivity contribution in [3.05, 3.63) is 52.7 Å². The first kappa shape index (κ1) is 48.2. The first-order chi connectivity index (χ1) is 33.0. The number of rotatable bonds is 11. The van der Waals surface area contributed by atoms with Crippen LogP contribution >= 0.6 is 11.8 Å². The molecule has 1 aromatic carbocycles. The molecule has 15 nitrogen and oxygen atoms in total. The van der Waals surface area contributed by atoms with E-state index in [2.05, 4.69) is 105 Å². The number of fused-ring (bicyclic) bond motifs is 4. The molecule has 0 radical (unpaired) electrons. The van der Waals surface area contributed by atoms with Crippen LogP contribution < -0.4 is 4.90 Å². The highest BCUT2D eigenvalue weighted by atomic mass is 32.2. The zero-order chi connectivity index (χ0) is 48.7. The van der Waals surface area contributed by atoms with Gasteiger partial charge in [0.05, 0.1) is 72.3 Å². The fourth-order valence-electron chi connectivity index (χ4n) is 11.8. The summed E-state index contributed by atoms with van der Waals surface area (Å²) in [5.74, 6) is -0.990.